The van der Waals surface area contributed by atoms with E-state index >= 15 is 0 Å². The van der Waals surface area contributed by atoms with Gasteiger partial charge < -0.3 is 15.2 Å². The van der Waals surface area contributed by atoms with E-state index in [-0.39, 0.29) is 38.2 Å². The van der Waals surface area contributed by atoms with Crippen LogP contribution in [0.2, 0.25) is 0 Å². The van der Waals surface area contributed by atoms with Crippen molar-refractivity contribution >= 4 is 10.8 Å². The molecule has 0 aliphatic heterocycles. The molecule has 0 amide bonds. The van der Waals surface area contributed by atoms with Gasteiger partial charge in [-0.25, -0.2) is 0 Å². The summed E-state index contributed by atoms with van der Waals surface area (Å²) in [5, 5.41) is 22.5. The van der Waals surface area contributed by atoms with Crippen LogP contribution in [0.1, 0.15) is 76.7 Å². The summed E-state index contributed by atoms with van der Waals surface area (Å²) in [5.41, 5.74) is 3.42. The quantitative estimate of drug-likeness (QED) is 0.301. The van der Waals surface area contributed by atoms with Crippen molar-refractivity contribution in [2.24, 2.45) is 11.8 Å². The zero-order valence-electron chi connectivity index (χ0n) is 20.4. The van der Waals surface area contributed by atoms with Crippen LogP contribution in [0.25, 0.3) is 22.0 Å². The van der Waals surface area contributed by atoms with Crippen molar-refractivity contribution in [3.05, 3.63) is 66.4 Å². The number of fused-ring (bicyclic) bond motifs is 2. The van der Waals surface area contributed by atoms with Gasteiger partial charge in [0.15, 0.2) is 0 Å². The molecule has 3 aromatic rings. The van der Waals surface area contributed by atoms with Crippen molar-refractivity contribution in [3.8, 4) is 11.3 Å². The van der Waals surface area contributed by atoms with E-state index in [9.17, 15) is 10.2 Å². The van der Waals surface area contributed by atoms with E-state index in [0.717, 1.165) is 36.9 Å². The van der Waals surface area contributed by atoms with Crippen LogP contribution in [0.4, 0.5) is 0 Å². The molecular weight excluding hydrogens is 599 g/mol. The van der Waals surface area contributed by atoms with Crippen molar-refractivity contribution in [1.29, 1.82) is 0 Å². The summed E-state index contributed by atoms with van der Waals surface area (Å²) in [6.45, 7) is 4.43. The Balaban J connectivity index is 0.000000193. The smallest absolute Gasteiger partial charge is 0.0595 e. The topological polar surface area (TPSA) is 53.4 Å². The maximum absolute atomic E-state index is 10.0. The fourth-order valence-corrected chi connectivity index (χ4v) is 5.63. The number of aliphatic hydroxyl groups is 2. The fraction of sp³-hybridized carbons (Fsp3) is 0.500. The molecule has 3 nitrogen and oxygen atoms in total. The second-order valence-corrected chi connectivity index (χ2v) is 10.1. The summed E-state index contributed by atoms with van der Waals surface area (Å²) in [7, 11) is 0. The van der Waals surface area contributed by atoms with Crippen LogP contribution in [0.5, 0.6) is 0 Å². The van der Waals surface area contributed by atoms with Gasteiger partial charge in [0, 0.05) is 32.2 Å². The molecule has 2 aromatic carbocycles. The monoisotopic (exact) mass is 637 g/mol. The molecule has 1 aromatic heterocycles. The Morgan fingerprint density at radius 2 is 1.56 bits per heavy atom. The molecule has 5 rings (SSSR count). The maximum Gasteiger partial charge on any atom is 0.0595 e. The molecule has 2 saturated carbocycles. The van der Waals surface area contributed by atoms with Crippen LogP contribution in [0, 0.1) is 17.9 Å². The zero-order valence-corrected chi connectivity index (χ0v) is 22.8. The Labute approximate surface area is 218 Å². The molecule has 185 valence electrons. The summed E-state index contributed by atoms with van der Waals surface area (Å²) in [6, 6.07) is 19.9. The number of hydrogen-bond acceptors (Lipinski definition) is 3. The minimum absolute atomic E-state index is 0. The maximum atomic E-state index is 10.0. The van der Waals surface area contributed by atoms with Gasteiger partial charge in [0.05, 0.1) is 12.2 Å². The van der Waals surface area contributed by atoms with E-state index in [4.69, 9.17) is 0 Å². The van der Waals surface area contributed by atoms with E-state index in [2.05, 4.69) is 55.2 Å². The SMILES string of the molecule is CC(C)c1ccc2c(-c3[c-]cccc3)nccc2c1.OC1CCCCC2CCCCC(O)C12.[Ir]. The minimum atomic E-state index is -0.240. The molecule has 34 heavy (non-hydrogen) atoms. The van der Waals surface area contributed by atoms with Gasteiger partial charge in [-0.1, -0.05) is 57.7 Å². The van der Waals surface area contributed by atoms with E-state index in [1.165, 1.54) is 42.0 Å². The van der Waals surface area contributed by atoms with Crippen molar-refractivity contribution in [2.45, 2.75) is 83.3 Å². The third-order valence-electron chi connectivity index (χ3n) is 7.50. The standard InChI is InChI=1S/C18H16N.C12H22O2.Ir/c1-13(2)15-8-9-17-16(12-15)10-11-19-18(17)14-6-4-3-5-7-14;13-10-7-3-1-5-9-6-2-4-8-11(14)12(9)10;/h3-6,8-13H,1-2H3;9-14H,1-8H2;/q-1;;. The number of aliphatic hydroxyl groups excluding tert-OH is 2. The Bertz CT molecular complexity index is 1000. The number of aromatic nitrogens is 1. The zero-order chi connectivity index (χ0) is 23.2. The number of pyridine rings is 1. The molecule has 2 unspecified atom stereocenters. The molecule has 1 heterocycles. The van der Waals surface area contributed by atoms with Gasteiger partial charge in [0.25, 0.3) is 0 Å². The van der Waals surface area contributed by atoms with E-state index in [1.807, 2.05) is 24.4 Å². The predicted molar refractivity (Wildman–Crippen MR) is 136 cm³/mol. The number of hydrogen-bond donors (Lipinski definition) is 2. The van der Waals surface area contributed by atoms with Crippen LogP contribution in [0.15, 0.2) is 54.7 Å². The van der Waals surface area contributed by atoms with Crippen LogP contribution in [-0.4, -0.2) is 27.4 Å². The van der Waals surface area contributed by atoms with Crippen LogP contribution in [-0.2, 0) is 20.1 Å². The Morgan fingerprint density at radius 3 is 2.18 bits per heavy atom. The summed E-state index contributed by atoms with van der Waals surface area (Å²) in [4.78, 5) is 4.52. The van der Waals surface area contributed by atoms with E-state index < -0.39 is 0 Å². The van der Waals surface area contributed by atoms with Gasteiger partial charge in [0.2, 0.25) is 0 Å². The van der Waals surface area contributed by atoms with Crippen LogP contribution < -0.4 is 0 Å². The molecule has 0 saturated heterocycles. The Morgan fingerprint density at radius 1 is 0.882 bits per heavy atom. The Hall–Kier alpha value is -1.58. The van der Waals surface area contributed by atoms with Crippen molar-refractivity contribution < 1.29 is 30.3 Å². The largest absolute Gasteiger partial charge is 0.393 e. The molecule has 2 fully saturated rings. The van der Waals surface area contributed by atoms with Crippen molar-refractivity contribution in [1.82, 2.24) is 4.98 Å². The predicted octanol–water partition coefficient (Wildman–Crippen LogP) is 6.91. The normalized spacial score (nSPS) is 24.7. The van der Waals surface area contributed by atoms with Gasteiger partial charge in [0.1, 0.15) is 0 Å². The molecular formula is C30H38IrNO2-. The second-order valence-electron chi connectivity index (χ2n) is 10.1. The number of rotatable bonds is 2. The second kappa shape index (κ2) is 12.9. The van der Waals surface area contributed by atoms with E-state index in [1.54, 1.807) is 0 Å². The average molecular weight is 637 g/mol. The average Bonchev–Trinajstić information content (AvgIpc) is 3.14. The summed E-state index contributed by atoms with van der Waals surface area (Å²) < 4.78 is 0. The third-order valence-corrected chi connectivity index (χ3v) is 7.50. The molecule has 2 aliphatic rings. The molecule has 0 spiro atoms. The van der Waals surface area contributed by atoms with Crippen molar-refractivity contribution in [2.75, 3.05) is 0 Å². The first-order chi connectivity index (χ1) is 16.0. The van der Waals surface area contributed by atoms with Gasteiger partial charge in [-0.15, -0.1) is 35.9 Å². The summed E-state index contributed by atoms with van der Waals surface area (Å²) in [5.74, 6) is 1.31. The first-order valence-electron chi connectivity index (χ1n) is 12.8. The molecule has 1 radical (unpaired) electrons. The summed E-state index contributed by atoms with van der Waals surface area (Å²) >= 11 is 0. The summed E-state index contributed by atoms with van der Waals surface area (Å²) in [6.07, 6.45) is 10.4. The molecule has 2 aliphatic carbocycles. The fourth-order valence-electron chi connectivity index (χ4n) is 5.63. The number of benzene rings is 2. The molecule has 4 heteroatoms. The van der Waals surface area contributed by atoms with Gasteiger partial charge >= 0.3 is 0 Å². The number of nitrogens with zero attached hydrogens (tertiary/aromatic N) is 1. The third kappa shape index (κ3) is 6.55. The van der Waals surface area contributed by atoms with Crippen LogP contribution >= 0.6 is 0 Å². The molecule has 0 bridgehead atoms. The van der Waals surface area contributed by atoms with Crippen LogP contribution in [0.3, 0.4) is 0 Å². The first kappa shape index (κ1) is 27.0. The van der Waals surface area contributed by atoms with Gasteiger partial charge in [-0.2, -0.15) is 0 Å². The van der Waals surface area contributed by atoms with Gasteiger partial charge in [-0.3, -0.25) is 0 Å². The van der Waals surface area contributed by atoms with E-state index in [0.29, 0.717) is 11.8 Å². The van der Waals surface area contributed by atoms with Gasteiger partial charge in [-0.05, 0) is 65.6 Å². The van der Waals surface area contributed by atoms with Crippen molar-refractivity contribution in [3.63, 3.8) is 0 Å². The molecule has 2 atom stereocenters. The minimum Gasteiger partial charge on any atom is -0.393 e. The first-order valence-corrected chi connectivity index (χ1v) is 12.8. The Kier molecular flexibility index (Phi) is 10.3. The molecule has 2 N–H and O–H groups in total.